The molecule has 1 N–H and O–H groups in total. The zero-order valence-corrected chi connectivity index (χ0v) is 18.3. The van der Waals surface area contributed by atoms with Gasteiger partial charge in [0.05, 0.1) is 12.8 Å². The minimum absolute atomic E-state index is 0.0374. The van der Waals surface area contributed by atoms with Gasteiger partial charge < -0.3 is 19.2 Å². The lowest BCUT2D eigenvalue weighted by molar-refractivity contribution is 0.373. The number of phenols is 1. The van der Waals surface area contributed by atoms with E-state index in [2.05, 4.69) is 25.9 Å². The van der Waals surface area contributed by atoms with E-state index in [0.29, 0.717) is 34.0 Å². The van der Waals surface area contributed by atoms with Gasteiger partial charge in [-0.25, -0.2) is 4.98 Å². The maximum Gasteiger partial charge on any atom is 0.227 e. The number of rotatable bonds is 5. The van der Waals surface area contributed by atoms with Crippen LogP contribution in [0.15, 0.2) is 68.5 Å². The van der Waals surface area contributed by atoms with Crippen molar-refractivity contribution < 1.29 is 14.3 Å². The Balaban J connectivity index is 1.63. The number of fused-ring (bicyclic) bond motifs is 1. The highest BCUT2D eigenvalue weighted by Gasteiger charge is 2.10. The highest BCUT2D eigenvalue weighted by atomic mass is 79.9. The fraction of sp³-hybridized carbons (Fsp3) is 0.130. The number of ether oxygens (including phenoxy) is 1. The number of nitrogens with zero attached hydrogens (tertiary/aromatic N) is 3. The van der Waals surface area contributed by atoms with Gasteiger partial charge in [0, 0.05) is 41.6 Å². The fourth-order valence-electron chi connectivity index (χ4n) is 3.01. The Labute approximate surface area is 182 Å². The van der Waals surface area contributed by atoms with Gasteiger partial charge in [0.1, 0.15) is 5.52 Å². The molecule has 6 nitrogen and oxygen atoms in total. The zero-order valence-electron chi connectivity index (χ0n) is 16.8. The molecule has 1 heterocycles. The topological polar surface area (TPSA) is 71.1 Å². The van der Waals surface area contributed by atoms with Gasteiger partial charge in [0.2, 0.25) is 5.89 Å². The van der Waals surface area contributed by atoms with Crippen LogP contribution in [0.2, 0.25) is 0 Å². The predicted octanol–water partition coefficient (Wildman–Crippen LogP) is 5.79. The third-order valence-corrected chi connectivity index (χ3v) is 5.10. The molecule has 0 saturated carbocycles. The van der Waals surface area contributed by atoms with Gasteiger partial charge in [-0.2, -0.15) is 0 Å². The average molecular weight is 466 g/mol. The van der Waals surface area contributed by atoms with Crippen LogP contribution in [-0.2, 0) is 0 Å². The monoisotopic (exact) mass is 465 g/mol. The molecule has 0 aliphatic heterocycles. The first kappa shape index (κ1) is 20.0. The van der Waals surface area contributed by atoms with Gasteiger partial charge in [-0.1, -0.05) is 15.9 Å². The number of anilines is 1. The third kappa shape index (κ3) is 4.02. The molecule has 0 atom stereocenters. The van der Waals surface area contributed by atoms with Crippen LogP contribution in [-0.4, -0.2) is 37.5 Å². The number of aliphatic imine (C=N–C) groups is 1. The molecule has 152 valence electrons. The number of benzene rings is 3. The molecule has 0 amide bonds. The summed E-state index contributed by atoms with van der Waals surface area (Å²) in [5.41, 5.74) is 4.67. The summed E-state index contributed by atoms with van der Waals surface area (Å²) in [4.78, 5) is 11.1. The first-order chi connectivity index (χ1) is 14.4. The molecule has 7 heteroatoms. The summed E-state index contributed by atoms with van der Waals surface area (Å²) in [5.74, 6) is 0.976. The van der Waals surface area contributed by atoms with Crippen molar-refractivity contribution in [2.75, 3.05) is 26.1 Å². The molecule has 4 rings (SSSR count). The number of hydrogen-bond acceptors (Lipinski definition) is 6. The summed E-state index contributed by atoms with van der Waals surface area (Å²) in [7, 11) is 5.51. The van der Waals surface area contributed by atoms with Gasteiger partial charge in [0.15, 0.2) is 17.1 Å². The zero-order chi connectivity index (χ0) is 21.3. The number of halogens is 1. The Hall–Kier alpha value is -3.32. The van der Waals surface area contributed by atoms with E-state index in [1.165, 1.54) is 7.11 Å². The Morgan fingerprint density at radius 1 is 1.10 bits per heavy atom. The van der Waals surface area contributed by atoms with E-state index in [9.17, 15) is 5.11 Å². The summed E-state index contributed by atoms with van der Waals surface area (Å²) >= 11 is 3.41. The minimum Gasteiger partial charge on any atom is -0.504 e. The van der Waals surface area contributed by atoms with Crippen molar-refractivity contribution in [2.24, 2.45) is 4.99 Å². The molecule has 30 heavy (non-hydrogen) atoms. The van der Waals surface area contributed by atoms with Crippen molar-refractivity contribution in [2.45, 2.75) is 0 Å². The standard InChI is InChI=1S/C23H20BrN3O3/c1-27(2)18-7-4-14(5-8-18)23-26-19-12-17(6-9-20(19)30-23)25-13-15-10-16(24)11-21(29-3)22(15)28/h4-13,28H,1-3H3. The Morgan fingerprint density at radius 2 is 1.87 bits per heavy atom. The molecular weight excluding hydrogens is 446 g/mol. The first-order valence-corrected chi connectivity index (χ1v) is 10.0. The molecule has 0 saturated heterocycles. The highest BCUT2D eigenvalue weighted by Crippen LogP contribution is 2.33. The van der Waals surface area contributed by atoms with Crippen LogP contribution in [0.25, 0.3) is 22.6 Å². The van der Waals surface area contributed by atoms with E-state index < -0.39 is 0 Å². The summed E-state index contributed by atoms with van der Waals surface area (Å²) in [6.45, 7) is 0. The van der Waals surface area contributed by atoms with Crippen molar-refractivity contribution in [3.8, 4) is 23.0 Å². The van der Waals surface area contributed by atoms with Gasteiger partial charge >= 0.3 is 0 Å². The van der Waals surface area contributed by atoms with E-state index in [1.54, 1.807) is 18.3 Å². The number of phenolic OH excluding ortho intramolecular Hbond substituents is 1. The molecule has 0 spiro atoms. The lowest BCUT2D eigenvalue weighted by Gasteiger charge is -2.11. The van der Waals surface area contributed by atoms with Crippen molar-refractivity contribution in [3.63, 3.8) is 0 Å². The molecule has 0 aliphatic carbocycles. The van der Waals surface area contributed by atoms with Gasteiger partial charge in [-0.3, -0.25) is 4.99 Å². The molecule has 0 fully saturated rings. The third-order valence-electron chi connectivity index (χ3n) is 4.64. The smallest absolute Gasteiger partial charge is 0.227 e. The largest absolute Gasteiger partial charge is 0.504 e. The number of methoxy groups -OCH3 is 1. The minimum atomic E-state index is 0.0374. The quantitative estimate of drug-likeness (QED) is 0.377. The second-order valence-corrected chi connectivity index (χ2v) is 7.83. The molecule has 4 aromatic rings. The van der Waals surface area contributed by atoms with E-state index >= 15 is 0 Å². The van der Waals surface area contributed by atoms with Crippen LogP contribution >= 0.6 is 15.9 Å². The number of aromatic nitrogens is 1. The average Bonchev–Trinajstić information content (AvgIpc) is 3.17. The molecule has 0 unspecified atom stereocenters. The lowest BCUT2D eigenvalue weighted by atomic mass is 10.2. The van der Waals surface area contributed by atoms with Crippen molar-refractivity contribution in [1.82, 2.24) is 4.98 Å². The van der Waals surface area contributed by atoms with Gasteiger partial charge in [-0.05, 0) is 54.6 Å². The van der Waals surface area contributed by atoms with Crippen LogP contribution in [0.1, 0.15) is 5.56 Å². The molecule has 3 aromatic carbocycles. The number of hydrogen-bond donors (Lipinski definition) is 1. The maximum absolute atomic E-state index is 10.3. The van der Waals surface area contributed by atoms with Crippen LogP contribution in [0, 0.1) is 0 Å². The van der Waals surface area contributed by atoms with E-state index in [4.69, 9.17) is 9.15 Å². The number of aromatic hydroxyl groups is 1. The predicted molar refractivity (Wildman–Crippen MR) is 123 cm³/mol. The number of oxazole rings is 1. The van der Waals surface area contributed by atoms with Gasteiger partial charge in [-0.15, -0.1) is 0 Å². The van der Waals surface area contributed by atoms with Crippen molar-refractivity contribution >= 4 is 44.6 Å². The Kier molecular flexibility index (Phi) is 5.46. The van der Waals surface area contributed by atoms with Crippen LogP contribution in [0.5, 0.6) is 11.5 Å². The van der Waals surface area contributed by atoms with E-state index in [0.717, 1.165) is 15.7 Å². The second-order valence-electron chi connectivity index (χ2n) is 6.92. The Morgan fingerprint density at radius 3 is 2.57 bits per heavy atom. The van der Waals surface area contributed by atoms with Crippen LogP contribution in [0.4, 0.5) is 11.4 Å². The van der Waals surface area contributed by atoms with Gasteiger partial charge in [0.25, 0.3) is 0 Å². The van der Waals surface area contributed by atoms with Crippen molar-refractivity contribution in [1.29, 1.82) is 0 Å². The highest BCUT2D eigenvalue weighted by molar-refractivity contribution is 9.10. The lowest BCUT2D eigenvalue weighted by Crippen LogP contribution is -2.07. The van der Waals surface area contributed by atoms with Crippen LogP contribution < -0.4 is 9.64 Å². The molecule has 0 aliphatic rings. The van der Waals surface area contributed by atoms with Crippen LogP contribution in [0.3, 0.4) is 0 Å². The first-order valence-electron chi connectivity index (χ1n) is 9.23. The molecule has 1 aromatic heterocycles. The summed E-state index contributed by atoms with van der Waals surface area (Å²) in [6.07, 6.45) is 1.59. The Bertz CT molecular complexity index is 1230. The molecular formula is C23H20BrN3O3. The summed E-state index contributed by atoms with van der Waals surface area (Å²) in [6, 6.07) is 17.0. The summed E-state index contributed by atoms with van der Waals surface area (Å²) in [5, 5.41) is 10.3. The van der Waals surface area contributed by atoms with E-state index in [1.807, 2.05) is 61.5 Å². The summed E-state index contributed by atoms with van der Waals surface area (Å²) < 4.78 is 11.9. The molecule has 0 bridgehead atoms. The normalized spacial score (nSPS) is 11.3. The van der Waals surface area contributed by atoms with Crippen molar-refractivity contribution in [3.05, 3.63) is 64.6 Å². The maximum atomic E-state index is 10.3. The SMILES string of the molecule is COc1cc(Br)cc(C=Nc2ccc3oc(-c4ccc(N(C)C)cc4)nc3c2)c1O. The fourth-order valence-corrected chi connectivity index (χ4v) is 3.47. The molecule has 0 radical (unpaired) electrons. The van der Waals surface area contributed by atoms with E-state index in [-0.39, 0.29) is 5.75 Å². The second kappa shape index (κ2) is 8.20.